The Morgan fingerprint density at radius 1 is 1.18 bits per heavy atom. The molecule has 0 amide bonds. The summed E-state index contributed by atoms with van der Waals surface area (Å²) in [7, 11) is -8.60. The average molecular weight is 277 g/mol. The van der Waals surface area contributed by atoms with Crippen molar-refractivity contribution >= 4 is 26.7 Å². The Balaban J connectivity index is 0. The summed E-state index contributed by atoms with van der Waals surface area (Å²) in [5.74, 6) is 1.30. The summed E-state index contributed by atoms with van der Waals surface area (Å²) in [6.07, 6.45) is 4.16. The van der Waals surface area contributed by atoms with Crippen molar-refractivity contribution in [3.63, 3.8) is 0 Å². The van der Waals surface area contributed by atoms with Gasteiger partial charge in [0.2, 0.25) is 0 Å². The van der Waals surface area contributed by atoms with E-state index in [9.17, 15) is 25.2 Å². The zero-order chi connectivity index (χ0) is 13.3. The molecule has 1 rings (SSSR count). The molecule has 1 aromatic heterocycles. The monoisotopic (exact) mass is 277 g/mol. The van der Waals surface area contributed by atoms with Crippen molar-refractivity contribution in [2.45, 2.75) is 20.4 Å². The predicted octanol–water partition coefficient (Wildman–Crippen LogP) is 3.64. The van der Waals surface area contributed by atoms with Gasteiger partial charge in [0.25, 0.3) is 5.82 Å². The van der Waals surface area contributed by atoms with Crippen LogP contribution in [0, 0.1) is 6.92 Å². The molecule has 0 aliphatic rings. The zero-order valence-corrected chi connectivity index (χ0v) is 10.9. The zero-order valence-electron chi connectivity index (χ0n) is 9.97. The summed E-state index contributed by atoms with van der Waals surface area (Å²) in [4.78, 5) is 0. The van der Waals surface area contributed by atoms with E-state index >= 15 is 0 Å². The molecule has 0 fully saturated rings. The van der Waals surface area contributed by atoms with Crippen molar-refractivity contribution in [2.75, 3.05) is 0 Å². The Morgan fingerprint density at radius 3 is 1.65 bits per heavy atom. The smallest absolute Gasteiger partial charge is 0 e. The summed E-state index contributed by atoms with van der Waals surface area (Å²) >= 11 is 0. The summed E-state index contributed by atoms with van der Waals surface area (Å²) in [5, 5.41) is 0. The Bertz CT molecular complexity index is 358. The van der Waals surface area contributed by atoms with Gasteiger partial charge in [-0.15, -0.1) is 0 Å². The number of nitrogens with zero attached hydrogens (tertiary/aromatic N) is 2. The van der Waals surface area contributed by atoms with Gasteiger partial charge in [0.15, 0.2) is 0 Å². The number of aromatic nitrogens is 2. The van der Waals surface area contributed by atoms with Crippen molar-refractivity contribution in [2.24, 2.45) is 7.05 Å². The third-order valence-corrected chi connectivity index (χ3v) is 1.74. The van der Waals surface area contributed by atoms with Gasteiger partial charge in [-0.2, -0.15) is 0 Å². The molecule has 0 spiro atoms. The fourth-order valence-corrected chi connectivity index (χ4v) is 0.933. The molecular formula is C7H13F6LiN2P. The minimum atomic E-state index is -10.7. The molecule has 1 radical (unpaired) electrons. The van der Waals surface area contributed by atoms with Gasteiger partial charge in [-0.25, -0.2) is 9.13 Å². The second-order valence-electron chi connectivity index (χ2n) is 3.20. The van der Waals surface area contributed by atoms with Gasteiger partial charge in [0.05, 0.1) is 13.6 Å². The van der Waals surface area contributed by atoms with E-state index in [1.54, 1.807) is 0 Å². The normalized spacial score (nSPS) is 14.9. The van der Waals surface area contributed by atoms with Gasteiger partial charge in [0.1, 0.15) is 12.4 Å². The fourth-order valence-electron chi connectivity index (χ4n) is 0.933. The van der Waals surface area contributed by atoms with Crippen molar-refractivity contribution in [3.05, 3.63) is 18.2 Å². The Hall–Kier alpha value is -0.183. The van der Waals surface area contributed by atoms with Gasteiger partial charge in [-0.05, 0) is 6.92 Å². The fraction of sp³-hybridized carbons (Fsp3) is 0.571. The molecule has 1 heterocycles. The number of halogens is 6. The molecule has 2 nitrogen and oxygen atoms in total. The van der Waals surface area contributed by atoms with Crippen LogP contribution in [0.4, 0.5) is 25.2 Å². The van der Waals surface area contributed by atoms with Crippen LogP contribution in [0.15, 0.2) is 12.4 Å². The molecule has 0 aliphatic heterocycles. The molecule has 0 aliphatic carbocycles. The molecule has 0 aromatic carbocycles. The summed E-state index contributed by atoms with van der Waals surface area (Å²) < 4.78 is 63.5. The van der Waals surface area contributed by atoms with Crippen LogP contribution in [-0.2, 0) is 13.6 Å². The maximum absolute atomic E-state index is 10.7. The number of imidazole rings is 1. The quantitative estimate of drug-likeness (QED) is 0.321. The third-order valence-electron chi connectivity index (χ3n) is 1.74. The van der Waals surface area contributed by atoms with E-state index in [4.69, 9.17) is 0 Å². The average Bonchev–Trinajstić information content (AvgIpc) is 2.26. The Kier molecular flexibility index (Phi) is 5.44. The summed E-state index contributed by atoms with van der Waals surface area (Å²) in [6.45, 7) is 5.32. The van der Waals surface area contributed by atoms with Crippen molar-refractivity contribution in [1.29, 1.82) is 0 Å². The predicted molar refractivity (Wildman–Crippen MR) is 55.3 cm³/mol. The van der Waals surface area contributed by atoms with E-state index in [-0.39, 0.29) is 18.9 Å². The summed E-state index contributed by atoms with van der Waals surface area (Å²) in [5.41, 5.74) is 0. The van der Waals surface area contributed by atoms with Crippen LogP contribution < -0.4 is 4.57 Å². The van der Waals surface area contributed by atoms with E-state index < -0.39 is 7.81 Å². The molecule has 0 atom stereocenters. The largest absolute Gasteiger partial charge is 0 e. The van der Waals surface area contributed by atoms with Gasteiger partial charge >= 0.3 is 33.0 Å². The van der Waals surface area contributed by atoms with E-state index in [0.29, 0.717) is 0 Å². The Morgan fingerprint density at radius 2 is 1.53 bits per heavy atom. The van der Waals surface area contributed by atoms with Crippen LogP contribution in [0.1, 0.15) is 12.7 Å². The molecule has 0 N–H and O–H groups in total. The van der Waals surface area contributed by atoms with Crippen molar-refractivity contribution in [1.82, 2.24) is 4.57 Å². The number of hydrogen-bond acceptors (Lipinski definition) is 0. The van der Waals surface area contributed by atoms with Crippen LogP contribution in [0.3, 0.4) is 0 Å². The molecule has 17 heavy (non-hydrogen) atoms. The van der Waals surface area contributed by atoms with Gasteiger partial charge in [-0.1, -0.05) is 0 Å². The van der Waals surface area contributed by atoms with Crippen molar-refractivity contribution < 1.29 is 29.7 Å². The van der Waals surface area contributed by atoms with E-state index in [1.165, 1.54) is 5.82 Å². The molecule has 0 saturated heterocycles. The van der Waals surface area contributed by atoms with Crippen LogP contribution >= 0.6 is 7.81 Å². The van der Waals surface area contributed by atoms with E-state index in [0.717, 1.165) is 6.54 Å². The van der Waals surface area contributed by atoms with Gasteiger partial charge < -0.3 is 0 Å². The topological polar surface area (TPSA) is 8.81 Å². The molecule has 0 unspecified atom stereocenters. The van der Waals surface area contributed by atoms with E-state index in [1.807, 2.05) is 0 Å². The molecule has 1 aromatic rings. The van der Waals surface area contributed by atoms with Gasteiger partial charge in [0, 0.05) is 25.8 Å². The van der Waals surface area contributed by atoms with Crippen LogP contribution in [0.25, 0.3) is 0 Å². The SMILES string of the molecule is CCn1cc[n+](C)c1C.F[P-](F)(F)(F)(F)F.[Li]. The first kappa shape index (κ1) is 19.2. The third kappa shape index (κ3) is 13.8. The molecular weight excluding hydrogens is 264 g/mol. The minimum absolute atomic E-state index is 0. The molecule has 0 saturated carbocycles. The summed E-state index contributed by atoms with van der Waals surface area (Å²) in [6, 6.07) is 0. The van der Waals surface area contributed by atoms with Crippen LogP contribution in [-0.4, -0.2) is 23.4 Å². The number of hydrogen-bond donors (Lipinski definition) is 0. The Labute approximate surface area is 107 Å². The standard InChI is InChI=1S/C7H13N2.F6P.Li/c1-4-9-6-5-8(3)7(9)2;1-7(2,3,4,5)6;/h5-6H,4H2,1-3H3;;/q+1;-1;. The molecule has 99 valence electrons. The van der Waals surface area contributed by atoms with Crippen molar-refractivity contribution in [3.8, 4) is 0 Å². The van der Waals surface area contributed by atoms with Crippen LogP contribution in [0.2, 0.25) is 0 Å². The first-order valence-corrected chi connectivity index (χ1v) is 6.31. The first-order valence-electron chi connectivity index (χ1n) is 4.28. The van der Waals surface area contributed by atoms with Crippen LogP contribution in [0.5, 0.6) is 0 Å². The first-order chi connectivity index (χ1) is 6.70. The van der Waals surface area contributed by atoms with E-state index in [2.05, 4.69) is 42.4 Å². The maximum Gasteiger partial charge on any atom is 0 e. The number of aryl methyl sites for hydroxylation is 2. The van der Waals surface area contributed by atoms with Gasteiger partial charge in [-0.3, -0.25) is 0 Å². The minimum Gasteiger partial charge on any atom is 0 e. The molecule has 0 bridgehead atoms. The molecule has 10 heteroatoms. The maximum atomic E-state index is 9.87. The number of rotatable bonds is 1. The second-order valence-corrected chi connectivity index (χ2v) is 5.12. The second kappa shape index (κ2) is 4.83.